The summed E-state index contributed by atoms with van der Waals surface area (Å²) in [5.41, 5.74) is 1.41. The van der Waals surface area contributed by atoms with E-state index in [9.17, 15) is 9.59 Å². The Morgan fingerprint density at radius 2 is 2.08 bits per heavy atom. The molecule has 3 rings (SSSR count). The molecule has 0 radical (unpaired) electrons. The second-order valence-corrected chi connectivity index (χ2v) is 9.37. The van der Waals surface area contributed by atoms with E-state index >= 15 is 0 Å². The number of Topliss-reactive ketones (excluding diaryl/α,β-unsaturated/α-hetero) is 1. The van der Waals surface area contributed by atoms with Crippen LogP contribution in [0.4, 0.5) is 0 Å². The van der Waals surface area contributed by atoms with E-state index in [1.165, 1.54) is 29.7 Å². The van der Waals surface area contributed by atoms with E-state index in [1.54, 1.807) is 30.0 Å². The third-order valence-corrected chi connectivity index (χ3v) is 7.40. The van der Waals surface area contributed by atoms with Gasteiger partial charge in [0.25, 0.3) is 5.56 Å². The molecule has 1 atom stereocenters. The minimum atomic E-state index is 0.135. The van der Waals surface area contributed by atoms with Crippen LogP contribution >= 0.6 is 23.1 Å². The number of nitrogens with zero attached hydrogens (tertiary/aromatic N) is 2. The molecule has 1 aliphatic carbocycles. The lowest BCUT2D eigenvalue weighted by molar-refractivity contribution is -0.117. The first kappa shape index (κ1) is 19.6. The topological polar surface area (TPSA) is 52.0 Å². The number of carbonyl (C=O) groups excluding carboxylic acids is 1. The van der Waals surface area contributed by atoms with Crippen LogP contribution in [0.1, 0.15) is 75.8 Å². The van der Waals surface area contributed by atoms with Crippen LogP contribution in [0, 0.1) is 0 Å². The highest BCUT2D eigenvalue weighted by atomic mass is 32.2. The second kappa shape index (κ2) is 8.70. The molecule has 1 unspecified atom stereocenters. The Balaban J connectivity index is 2.03. The van der Waals surface area contributed by atoms with Gasteiger partial charge in [-0.3, -0.25) is 9.36 Å². The zero-order chi connectivity index (χ0) is 18.7. The van der Waals surface area contributed by atoms with E-state index in [2.05, 4.69) is 13.8 Å². The van der Waals surface area contributed by atoms with Crippen molar-refractivity contribution < 1.29 is 4.79 Å². The first-order valence-electron chi connectivity index (χ1n) is 9.72. The molecule has 0 bridgehead atoms. The number of rotatable bonds is 7. The maximum atomic E-state index is 13.4. The van der Waals surface area contributed by atoms with Gasteiger partial charge in [0.2, 0.25) is 0 Å². The molecule has 1 aliphatic rings. The first-order valence-corrected chi connectivity index (χ1v) is 11.5. The molecule has 2 aromatic heterocycles. The van der Waals surface area contributed by atoms with Gasteiger partial charge in [0, 0.05) is 23.1 Å². The molecule has 2 heterocycles. The monoisotopic (exact) mass is 392 g/mol. The Kier molecular flexibility index (Phi) is 6.56. The van der Waals surface area contributed by atoms with Gasteiger partial charge < -0.3 is 4.79 Å². The van der Waals surface area contributed by atoms with Crippen LogP contribution in [0.15, 0.2) is 9.95 Å². The number of carbonyl (C=O) groups is 1. The van der Waals surface area contributed by atoms with Crippen molar-refractivity contribution in [3.05, 3.63) is 20.8 Å². The van der Waals surface area contributed by atoms with Crippen molar-refractivity contribution in [1.29, 1.82) is 0 Å². The smallest absolute Gasteiger partial charge is 0.263 e. The summed E-state index contributed by atoms with van der Waals surface area (Å²) in [6.07, 6.45) is 8.05. The van der Waals surface area contributed by atoms with Crippen LogP contribution in [-0.2, 0) is 17.6 Å². The second-order valence-electron chi connectivity index (χ2n) is 7.23. The fraction of sp³-hybridized carbons (Fsp3) is 0.650. The lowest BCUT2D eigenvalue weighted by Crippen LogP contribution is -2.26. The number of thioether (sulfide) groups is 1. The molecule has 0 saturated carbocycles. The zero-order valence-electron chi connectivity index (χ0n) is 16.0. The quantitative estimate of drug-likeness (QED) is 0.283. The fourth-order valence-electron chi connectivity index (χ4n) is 3.53. The van der Waals surface area contributed by atoms with E-state index in [4.69, 9.17) is 4.98 Å². The summed E-state index contributed by atoms with van der Waals surface area (Å²) in [7, 11) is 0. The van der Waals surface area contributed by atoms with Crippen LogP contribution in [0.3, 0.4) is 0 Å². The number of aromatic nitrogens is 2. The minimum Gasteiger partial charge on any atom is -0.300 e. The van der Waals surface area contributed by atoms with Gasteiger partial charge in [0.15, 0.2) is 5.16 Å². The van der Waals surface area contributed by atoms with Crippen molar-refractivity contribution in [3.63, 3.8) is 0 Å². The van der Waals surface area contributed by atoms with Gasteiger partial charge in [0.05, 0.1) is 5.39 Å². The maximum absolute atomic E-state index is 13.4. The normalized spacial score (nSPS) is 15.7. The molecule has 0 spiro atoms. The third-order valence-electron chi connectivity index (χ3n) is 5.17. The average molecular weight is 393 g/mol. The summed E-state index contributed by atoms with van der Waals surface area (Å²) >= 11 is 3.34. The highest BCUT2D eigenvalue weighted by Crippen LogP contribution is 2.35. The van der Waals surface area contributed by atoms with Crippen LogP contribution < -0.4 is 5.56 Å². The Morgan fingerprint density at radius 3 is 2.81 bits per heavy atom. The molecule has 6 heteroatoms. The molecular weight excluding hydrogens is 364 g/mol. The van der Waals surface area contributed by atoms with Gasteiger partial charge in [-0.15, -0.1) is 11.3 Å². The molecule has 0 N–H and O–H groups in total. The summed E-state index contributed by atoms with van der Waals surface area (Å²) in [6, 6.07) is 0.135. The zero-order valence-corrected chi connectivity index (χ0v) is 17.6. The number of hydrogen-bond donors (Lipinski definition) is 0. The van der Waals surface area contributed by atoms with Gasteiger partial charge in [-0.05, 0) is 57.9 Å². The number of thiophene rings is 1. The van der Waals surface area contributed by atoms with Gasteiger partial charge >= 0.3 is 0 Å². The Bertz CT molecular complexity index is 854. The summed E-state index contributed by atoms with van der Waals surface area (Å²) in [4.78, 5) is 31.8. The predicted molar refractivity (Wildman–Crippen MR) is 111 cm³/mol. The van der Waals surface area contributed by atoms with Crippen molar-refractivity contribution >= 4 is 39.1 Å². The lowest BCUT2D eigenvalue weighted by Gasteiger charge is -2.17. The van der Waals surface area contributed by atoms with E-state index in [0.29, 0.717) is 6.42 Å². The standard InChI is InChI=1S/C20H28N2O2S2/c1-4-13(2)22-19(24)17-15-10-6-5-7-11-16(15)26-18(17)21-20(22)25-12-8-9-14(3)23/h13H,4-12H2,1-3H3. The van der Waals surface area contributed by atoms with E-state index in [0.717, 1.165) is 46.8 Å². The Hall–Kier alpha value is -1.14. The van der Waals surface area contributed by atoms with Crippen molar-refractivity contribution in [2.45, 2.75) is 83.3 Å². The summed E-state index contributed by atoms with van der Waals surface area (Å²) in [5.74, 6) is 1.04. The SMILES string of the molecule is CCC(C)n1c(SCCCC(C)=O)nc2sc3c(c2c1=O)CCCCC3. The summed E-state index contributed by atoms with van der Waals surface area (Å²) in [5, 5.41) is 1.69. The largest absolute Gasteiger partial charge is 0.300 e. The highest BCUT2D eigenvalue weighted by Gasteiger charge is 2.23. The fourth-order valence-corrected chi connectivity index (χ4v) is 5.87. The molecule has 0 aliphatic heterocycles. The predicted octanol–water partition coefficient (Wildman–Crippen LogP) is 5.16. The lowest BCUT2D eigenvalue weighted by atomic mass is 10.1. The third kappa shape index (κ3) is 4.06. The van der Waals surface area contributed by atoms with E-state index in [1.807, 2.05) is 4.57 Å². The molecular formula is C20H28N2O2S2. The van der Waals surface area contributed by atoms with E-state index in [-0.39, 0.29) is 17.4 Å². The van der Waals surface area contributed by atoms with Crippen molar-refractivity contribution in [3.8, 4) is 0 Å². The molecule has 26 heavy (non-hydrogen) atoms. The van der Waals surface area contributed by atoms with Gasteiger partial charge in [0.1, 0.15) is 10.6 Å². The van der Waals surface area contributed by atoms with Gasteiger partial charge in [-0.25, -0.2) is 4.98 Å². The number of aryl methyl sites for hydroxylation is 2. The molecule has 0 amide bonds. The molecule has 0 saturated heterocycles. The van der Waals surface area contributed by atoms with Crippen LogP contribution in [-0.4, -0.2) is 21.1 Å². The van der Waals surface area contributed by atoms with Crippen LogP contribution in [0.2, 0.25) is 0 Å². The average Bonchev–Trinajstić information content (AvgIpc) is 2.79. The van der Waals surface area contributed by atoms with Gasteiger partial charge in [-0.2, -0.15) is 0 Å². The number of ketones is 1. The van der Waals surface area contributed by atoms with Crippen molar-refractivity contribution in [1.82, 2.24) is 9.55 Å². The Labute approximate surface area is 163 Å². The molecule has 2 aromatic rings. The summed E-state index contributed by atoms with van der Waals surface area (Å²) < 4.78 is 1.90. The Morgan fingerprint density at radius 1 is 1.31 bits per heavy atom. The highest BCUT2D eigenvalue weighted by molar-refractivity contribution is 7.99. The maximum Gasteiger partial charge on any atom is 0.263 e. The van der Waals surface area contributed by atoms with Crippen LogP contribution in [0.25, 0.3) is 10.2 Å². The van der Waals surface area contributed by atoms with Crippen LogP contribution in [0.5, 0.6) is 0 Å². The number of hydrogen-bond acceptors (Lipinski definition) is 5. The minimum absolute atomic E-state index is 0.135. The van der Waals surface area contributed by atoms with Gasteiger partial charge in [-0.1, -0.05) is 25.1 Å². The van der Waals surface area contributed by atoms with E-state index < -0.39 is 0 Å². The first-order chi connectivity index (χ1) is 12.5. The molecule has 0 fully saturated rings. The molecule has 0 aromatic carbocycles. The molecule has 142 valence electrons. The molecule has 4 nitrogen and oxygen atoms in total. The van der Waals surface area contributed by atoms with Crippen molar-refractivity contribution in [2.75, 3.05) is 5.75 Å². The summed E-state index contributed by atoms with van der Waals surface area (Å²) in [6.45, 7) is 5.84. The van der Waals surface area contributed by atoms with Crippen molar-refractivity contribution in [2.24, 2.45) is 0 Å². The number of fused-ring (bicyclic) bond motifs is 3.